The van der Waals surface area contributed by atoms with Gasteiger partial charge in [-0.1, -0.05) is 48.0 Å². The molecule has 0 aromatic heterocycles. The number of imide groups is 2. The Morgan fingerprint density at radius 1 is 1.06 bits per heavy atom. The summed E-state index contributed by atoms with van der Waals surface area (Å²) in [6, 6.07) is 14.3. The van der Waals surface area contributed by atoms with Crippen molar-refractivity contribution in [3.05, 3.63) is 64.7 Å². The number of anilines is 1. The van der Waals surface area contributed by atoms with Crippen molar-refractivity contribution in [1.29, 1.82) is 0 Å². The average Bonchev–Trinajstić information content (AvgIpc) is 2.78. The molecule has 2 unspecified atom stereocenters. The molecule has 7 nitrogen and oxygen atoms in total. The van der Waals surface area contributed by atoms with E-state index in [0.717, 1.165) is 23.4 Å². The molecule has 2 saturated heterocycles. The average molecular weight is 453 g/mol. The van der Waals surface area contributed by atoms with Crippen molar-refractivity contribution in [1.82, 2.24) is 15.1 Å². The number of halogens is 1. The molecule has 5 rings (SSSR count). The Kier molecular flexibility index (Phi) is 5.18. The number of carbonyl (C=O) groups is 3. The molecule has 32 heavy (non-hydrogen) atoms. The smallest absolute Gasteiger partial charge is 0.330 e. The van der Waals surface area contributed by atoms with Crippen LogP contribution in [0, 0.1) is 5.41 Å². The fourth-order valence-electron chi connectivity index (χ4n) is 5.26. The van der Waals surface area contributed by atoms with E-state index in [2.05, 4.69) is 15.1 Å². The van der Waals surface area contributed by atoms with Gasteiger partial charge in [0.25, 0.3) is 0 Å². The Balaban J connectivity index is 1.55. The third kappa shape index (κ3) is 3.19. The van der Waals surface area contributed by atoms with Gasteiger partial charge < -0.3 is 9.80 Å². The lowest BCUT2D eigenvalue weighted by atomic mass is 9.67. The number of hydrogen-bond donors (Lipinski definition) is 1. The van der Waals surface area contributed by atoms with Crippen molar-refractivity contribution in [2.75, 3.05) is 38.1 Å². The molecule has 1 N–H and O–H groups in total. The molecule has 0 aliphatic carbocycles. The number of nitrogens with one attached hydrogen (secondary N) is 1. The zero-order chi connectivity index (χ0) is 22.5. The Hall–Kier alpha value is -2.90. The Morgan fingerprint density at radius 3 is 2.62 bits per heavy atom. The number of piperazine rings is 1. The molecule has 166 valence electrons. The molecule has 8 heteroatoms. The lowest BCUT2D eigenvalue weighted by Gasteiger charge is -2.55. The van der Waals surface area contributed by atoms with Crippen LogP contribution in [-0.2, 0) is 22.4 Å². The molecular weight excluding hydrogens is 428 g/mol. The third-order valence-electron chi connectivity index (χ3n) is 6.98. The van der Waals surface area contributed by atoms with Gasteiger partial charge in [-0.15, -0.1) is 0 Å². The summed E-state index contributed by atoms with van der Waals surface area (Å²) in [5, 5.41) is 3.03. The van der Waals surface area contributed by atoms with Gasteiger partial charge in [0.05, 0.1) is 6.04 Å². The first-order valence-corrected chi connectivity index (χ1v) is 11.2. The van der Waals surface area contributed by atoms with Gasteiger partial charge in [0.1, 0.15) is 0 Å². The van der Waals surface area contributed by atoms with Gasteiger partial charge in [0.2, 0.25) is 11.8 Å². The maximum Gasteiger partial charge on any atom is 0.330 e. The van der Waals surface area contributed by atoms with Crippen LogP contribution in [0.2, 0.25) is 5.02 Å². The molecule has 3 heterocycles. The predicted molar refractivity (Wildman–Crippen MR) is 122 cm³/mol. The maximum atomic E-state index is 14.0. The molecular formula is C24H25ClN4O3. The van der Waals surface area contributed by atoms with E-state index in [1.807, 2.05) is 49.5 Å². The van der Waals surface area contributed by atoms with E-state index in [0.29, 0.717) is 24.5 Å². The molecule has 2 aromatic rings. The molecule has 0 radical (unpaired) electrons. The number of likely N-dealkylation sites (N-methyl/N-ethyl adjacent to an activating group) is 1. The topological polar surface area (TPSA) is 73.0 Å². The molecule has 3 aliphatic heterocycles. The van der Waals surface area contributed by atoms with Crippen molar-refractivity contribution in [2.24, 2.45) is 5.41 Å². The first-order valence-electron chi connectivity index (χ1n) is 10.9. The van der Waals surface area contributed by atoms with Gasteiger partial charge in [0.15, 0.2) is 5.41 Å². The summed E-state index contributed by atoms with van der Waals surface area (Å²) in [4.78, 5) is 45.6. The number of hydrogen-bond acceptors (Lipinski definition) is 5. The molecule has 0 bridgehead atoms. The van der Waals surface area contributed by atoms with Crippen molar-refractivity contribution in [2.45, 2.75) is 18.9 Å². The second-order valence-electron chi connectivity index (χ2n) is 8.81. The molecule has 1 spiro atoms. The van der Waals surface area contributed by atoms with Crippen LogP contribution >= 0.6 is 11.6 Å². The highest BCUT2D eigenvalue weighted by molar-refractivity contribution is 6.32. The van der Waals surface area contributed by atoms with Crippen molar-refractivity contribution < 1.29 is 14.4 Å². The summed E-state index contributed by atoms with van der Waals surface area (Å²) in [5.41, 5.74) is 1.37. The minimum absolute atomic E-state index is 0.177. The minimum Gasteiger partial charge on any atom is -0.364 e. The highest BCUT2D eigenvalue weighted by atomic mass is 35.5. The summed E-state index contributed by atoms with van der Waals surface area (Å²) in [7, 11) is 1.99. The normalized spacial score (nSPS) is 25.6. The summed E-state index contributed by atoms with van der Waals surface area (Å²) in [5.74, 6) is -0.961. The Bertz CT molecular complexity index is 1090. The number of barbiturate groups is 1. The second kappa shape index (κ2) is 7.90. The highest BCUT2D eigenvalue weighted by Gasteiger charge is 2.62. The fourth-order valence-corrected chi connectivity index (χ4v) is 5.50. The fraction of sp³-hybridized carbons (Fsp3) is 0.375. The molecule has 2 fully saturated rings. The highest BCUT2D eigenvalue weighted by Crippen LogP contribution is 2.47. The molecule has 2 atom stereocenters. The Labute approximate surface area is 191 Å². The van der Waals surface area contributed by atoms with Gasteiger partial charge in [-0.25, -0.2) is 4.79 Å². The van der Waals surface area contributed by atoms with Crippen LogP contribution < -0.4 is 10.2 Å². The largest absolute Gasteiger partial charge is 0.364 e. The van der Waals surface area contributed by atoms with Crippen LogP contribution in [0.5, 0.6) is 0 Å². The molecule has 0 saturated carbocycles. The minimum atomic E-state index is -1.41. The number of amides is 4. The number of urea groups is 1. The lowest BCUT2D eigenvalue weighted by Crippen LogP contribution is -2.75. The van der Waals surface area contributed by atoms with Crippen LogP contribution in [-0.4, -0.2) is 66.9 Å². The standard InChI is InChI=1S/C24H25ClN4O3/c1-27-12-13-28-19-9-5-8-18(25)17(19)14-24(20(28)15-27)21(30)26-23(32)29(22(24)31)11-10-16-6-3-2-4-7-16/h2-9,20H,10-15H2,1H3,(H,26,30,32). The van der Waals surface area contributed by atoms with Crippen LogP contribution in [0.3, 0.4) is 0 Å². The van der Waals surface area contributed by atoms with Gasteiger partial charge in [-0.3, -0.25) is 19.8 Å². The molecule has 4 amide bonds. The van der Waals surface area contributed by atoms with Crippen molar-refractivity contribution in [3.8, 4) is 0 Å². The van der Waals surface area contributed by atoms with E-state index in [9.17, 15) is 14.4 Å². The van der Waals surface area contributed by atoms with E-state index >= 15 is 0 Å². The van der Waals surface area contributed by atoms with Gasteiger partial charge in [0, 0.05) is 43.3 Å². The van der Waals surface area contributed by atoms with Crippen LogP contribution in [0.1, 0.15) is 11.1 Å². The molecule has 3 aliphatic rings. The van der Waals surface area contributed by atoms with E-state index in [1.54, 1.807) is 6.07 Å². The van der Waals surface area contributed by atoms with Crippen LogP contribution in [0.25, 0.3) is 0 Å². The predicted octanol–water partition coefficient (Wildman–Crippen LogP) is 2.32. The van der Waals surface area contributed by atoms with E-state index in [1.165, 1.54) is 4.90 Å². The van der Waals surface area contributed by atoms with Gasteiger partial charge in [-0.05, 0) is 36.7 Å². The van der Waals surface area contributed by atoms with E-state index < -0.39 is 23.3 Å². The van der Waals surface area contributed by atoms with Crippen LogP contribution in [0.15, 0.2) is 48.5 Å². The van der Waals surface area contributed by atoms with Crippen LogP contribution in [0.4, 0.5) is 10.5 Å². The second-order valence-corrected chi connectivity index (χ2v) is 9.22. The Morgan fingerprint density at radius 2 is 1.84 bits per heavy atom. The van der Waals surface area contributed by atoms with Crippen molar-refractivity contribution in [3.63, 3.8) is 0 Å². The third-order valence-corrected chi connectivity index (χ3v) is 7.33. The van der Waals surface area contributed by atoms with Crippen molar-refractivity contribution >= 4 is 35.1 Å². The summed E-state index contributed by atoms with van der Waals surface area (Å²) in [6.07, 6.45) is 0.701. The number of carbonyl (C=O) groups excluding carboxylic acids is 3. The lowest BCUT2D eigenvalue weighted by molar-refractivity contribution is -0.154. The van der Waals surface area contributed by atoms with E-state index in [-0.39, 0.29) is 19.0 Å². The monoisotopic (exact) mass is 452 g/mol. The van der Waals surface area contributed by atoms with Gasteiger partial charge >= 0.3 is 6.03 Å². The number of benzene rings is 2. The number of rotatable bonds is 3. The van der Waals surface area contributed by atoms with E-state index in [4.69, 9.17) is 11.6 Å². The zero-order valence-corrected chi connectivity index (χ0v) is 18.6. The SMILES string of the molecule is CN1CCN2c3cccc(Cl)c3CC3(C(=O)NC(=O)N(CCc4ccccc4)C3=O)C2C1. The number of fused-ring (bicyclic) bond motifs is 4. The summed E-state index contributed by atoms with van der Waals surface area (Å²) < 4.78 is 0. The first kappa shape index (κ1) is 21.0. The quantitative estimate of drug-likeness (QED) is 0.723. The molecule has 2 aromatic carbocycles. The summed E-state index contributed by atoms with van der Waals surface area (Å²) in [6.45, 7) is 2.24. The number of nitrogens with zero attached hydrogens (tertiary/aromatic N) is 3. The van der Waals surface area contributed by atoms with Gasteiger partial charge in [-0.2, -0.15) is 0 Å². The maximum absolute atomic E-state index is 14.0. The zero-order valence-electron chi connectivity index (χ0n) is 17.9. The summed E-state index contributed by atoms with van der Waals surface area (Å²) >= 11 is 6.55. The first-order chi connectivity index (χ1) is 15.4.